The van der Waals surface area contributed by atoms with Crippen LogP contribution in [-0.4, -0.2) is 19.0 Å². The van der Waals surface area contributed by atoms with Crippen molar-refractivity contribution >= 4 is 5.78 Å². The van der Waals surface area contributed by atoms with E-state index in [0.717, 1.165) is 0 Å². The summed E-state index contributed by atoms with van der Waals surface area (Å²) >= 11 is 0. The molecule has 19 heavy (non-hydrogen) atoms. The third-order valence-electron chi connectivity index (χ3n) is 2.69. The van der Waals surface area contributed by atoms with Crippen LogP contribution in [0.25, 0.3) is 0 Å². The van der Waals surface area contributed by atoms with Crippen molar-refractivity contribution in [3.63, 3.8) is 0 Å². The van der Waals surface area contributed by atoms with Gasteiger partial charge < -0.3 is 14.3 Å². The van der Waals surface area contributed by atoms with Crippen LogP contribution in [0.5, 0.6) is 11.5 Å². The second kappa shape index (κ2) is 7.77. The van der Waals surface area contributed by atoms with Crippen molar-refractivity contribution in [2.24, 2.45) is 0 Å². The van der Waals surface area contributed by atoms with E-state index in [1.807, 2.05) is 13.8 Å². The van der Waals surface area contributed by atoms with E-state index in [9.17, 15) is 9.18 Å². The fourth-order valence-corrected chi connectivity index (χ4v) is 1.83. The van der Waals surface area contributed by atoms with Gasteiger partial charge in [-0.1, -0.05) is 0 Å². The highest BCUT2D eigenvalue weighted by Gasteiger charge is 2.12. The summed E-state index contributed by atoms with van der Waals surface area (Å²) in [4.78, 5) is 10.9. The van der Waals surface area contributed by atoms with E-state index in [2.05, 4.69) is 0 Å². The minimum Gasteiger partial charge on any atom is -0.490 e. The second-order valence-electron chi connectivity index (χ2n) is 4.31. The van der Waals surface area contributed by atoms with Gasteiger partial charge in [0, 0.05) is 12.5 Å². The van der Waals surface area contributed by atoms with Gasteiger partial charge in [0.1, 0.15) is 11.6 Å². The fraction of sp³-hybridized carbons (Fsp3) is 0.533. The third-order valence-corrected chi connectivity index (χ3v) is 2.69. The lowest BCUT2D eigenvalue weighted by atomic mass is 10.1. The lowest BCUT2D eigenvalue weighted by molar-refractivity contribution is -0.117. The lowest BCUT2D eigenvalue weighted by Gasteiger charge is -2.13. The molecular weight excluding hydrogens is 247 g/mol. The molecule has 0 saturated carbocycles. The number of carbonyl (C=O) groups excluding carboxylic acids is 1. The summed E-state index contributed by atoms with van der Waals surface area (Å²) in [6.45, 7) is 6.21. The van der Waals surface area contributed by atoms with Gasteiger partial charge in [-0.15, -0.1) is 0 Å². The molecule has 1 aromatic carbocycles. The minimum absolute atomic E-state index is 0.122. The van der Waals surface area contributed by atoms with Crippen LogP contribution >= 0.6 is 0 Å². The SMILES string of the molecule is CCOc1cc(F)c(CCCC(C)=O)cc1OCC. The molecule has 0 heterocycles. The molecule has 0 aliphatic rings. The third kappa shape index (κ3) is 4.89. The van der Waals surface area contributed by atoms with Crippen LogP contribution in [0.3, 0.4) is 0 Å². The first-order chi connectivity index (χ1) is 9.08. The van der Waals surface area contributed by atoms with Gasteiger partial charge in [0.25, 0.3) is 0 Å². The molecule has 0 radical (unpaired) electrons. The van der Waals surface area contributed by atoms with E-state index in [0.29, 0.717) is 49.5 Å². The highest BCUT2D eigenvalue weighted by atomic mass is 19.1. The number of hydrogen-bond acceptors (Lipinski definition) is 3. The smallest absolute Gasteiger partial charge is 0.164 e. The van der Waals surface area contributed by atoms with Crippen LogP contribution in [0.4, 0.5) is 4.39 Å². The Labute approximate surface area is 113 Å². The summed E-state index contributed by atoms with van der Waals surface area (Å²) in [5.41, 5.74) is 0.563. The Balaban J connectivity index is 2.86. The number of rotatable bonds is 8. The van der Waals surface area contributed by atoms with Crippen LogP contribution < -0.4 is 9.47 Å². The Hall–Kier alpha value is -1.58. The maximum Gasteiger partial charge on any atom is 0.164 e. The zero-order valence-electron chi connectivity index (χ0n) is 11.8. The zero-order chi connectivity index (χ0) is 14.3. The van der Waals surface area contributed by atoms with Gasteiger partial charge in [0.2, 0.25) is 0 Å². The van der Waals surface area contributed by atoms with E-state index < -0.39 is 0 Å². The summed E-state index contributed by atoms with van der Waals surface area (Å²) in [6.07, 6.45) is 1.64. The zero-order valence-corrected chi connectivity index (χ0v) is 11.8. The Kier molecular flexibility index (Phi) is 6.33. The number of ether oxygens (including phenoxy) is 2. The first-order valence-electron chi connectivity index (χ1n) is 6.65. The highest BCUT2D eigenvalue weighted by Crippen LogP contribution is 2.31. The Morgan fingerprint density at radius 2 is 1.74 bits per heavy atom. The molecule has 0 aromatic heterocycles. The van der Waals surface area contributed by atoms with E-state index in [1.165, 1.54) is 6.07 Å². The number of benzene rings is 1. The van der Waals surface area contributed by atoms with Crippen LogP contribution in [0.15, 0.2) is 12.1 Å². The van der Waals surface area contributed by atoms with Gasteiger partial charge in [-0.3, -0.25) is 0 Å². The van der Waals surface area contributed by atoms with Crippen molar-refractivity contribution < 1.29 is 18.7 Å². The molecule has 0 fully saturated rings. The molecule has 0 unspecified atom stereocenters. The minimum atomic E-state index is -0.310. The van der Waals surface area contributed by atoms with E-state index in [-0.39, 0.29) is 11.6 Å². The standard InChI is InChI=1S/C15H21FO3/c1-4-18-14-9-12(8-6-7-11(3)17)13(16)10-15(14)19-5-2/h9-10H,4-8H2,1-3H3. The van der Waals surface area contributed by atoms with Crippen LogP contribution in [0.1, 0.15) is 39.2 Å². The first-order valence-corrected chi connectivity index (χ1v) is 6.65. The number of carbonyl (C=O) groups is 1. The number of aryl methyl sites for hydroxylation is 1. The van der Waals surface area contributed by atoms with Gasteiger partial charge in [-0.05, 0) is 45.2 Å². The summed E-state index contributed by atoms with van der Waals surface area (Å²) in [6, 6.07) is 3.03. The average molecular weight is 268 g/mol. The molecule has 0 bridgehead atoms. The van der Waals surface area contributed by atoms with Gasteiger partial charge in [0.05, 0.1) is 13.2 Å². The first kappa shape index (κ1) is 15.5. The van der Waals surface area contributed by atoms with Crippen molar-refractivity contribution in [1.82, 2.24) is 0 Å². The Morgan fingerprint density at radius 3 is 2.26 bits per heavy atom. The maximum absolute atomic E-state index is 13.9. The van der Waals surface area contributed by atoms with E-state index >= 15 is 0 Å². The Morgan fingerprint density at radius 1 is 1.16 bits per heavy atom. The predicted octanol–water partition coefficient (Wildman–Crippen LogP) is 3.53. The summed E-state index contributed by atoms with van der Waals surface area (Å²) < 4.78 is 24.7. The van der Waals surface area contributed by atoms with Gasteiger partial charge in [-0.25, -0.2) is 4.39 Å². The molecular formula is C15H21FO3. The van der Waals surface area contributed by atoms with Crippen molar-refractivity contribution in [2.45, 2.75) is 40.0 Å². The van der Waals surface area contributed by atoms with Crippen molar-refractivity contribution in [3.8, 4) is 11.5 Å². The molecule has 1 rings (SSSR count). The molecule has 1 aromatic rings. The van der Waals surface area contributed by atoms with E-state index in [4.69, 9.17) is 9.47 Å². The summed E-state index contributed by atoms with van der Waals surface area (Å²) in [5, 5.41) is 0. The molecule has 3 nitrogen and oxygen atoms in total. The summed E-state index contributed by atoms with van der Waals surface area (Å²) in [7, 11) is 0. The highest BCUT2D eigenvalue weighted by molar-refractivity contribution is 5.75. The van der Waals surface area contributed by atoms with Crippen molar-refractivity contribution in [2.75, 3.05) is 13.2 Å². The van der Waals surface area contributed by atoms with Gasteiger partial charge in [0.15, 0.2) is 11.5 Å². The quantitative estimate of drug-likeness (QED) is 0.723. The second-order valence-corrected chi connectivity index (χ2v) is 4.31. The molecule has 4 heteroatoms. The van der Waals surface area contributed by atoms with Crippen molar-refractivity contribution in [3.05, 3.63) is 23.5 Å². The number of halogens is 1. The normalized spacial score (nSPS) is 10.3. The number of Topliss-reactive ketones (excluding diaryl/α,β-unsaturated/α-hetero) is 1. The van der Waals surface area contributed by atoms with Crippen LogP contribution in [0, 0.1) is 5.82 Å². The van der Waals surface area contributed by atoms with Gasteiger partial charge in [-0.2, -0.15) is 0 Å². The molecule has 0 saturated heterocycles. The molecule has 0 atom stereocenters. The average Bonchev–Trinajstić information content (AvgIpc) is 2.34. The largest absolute Gasteiger partial charge is 0.490 e. The molecule has 0 aliphatic carbocycles. The molecule has 0 aliphatic heterocycles. The molecule has 0 amide bonds. The summed E-state index contributed by atoms with van der Waals surface area (Å²) in [5.74, 6) is 0.799. The molecule has 106 valence electrons. The fourth-order valence-electron chi connectivity index (χ4n) is 1.83. The lowest BCUT2D eigenvalue weighted by Crippen LogP contribution is -2.02. The monoisotopic (exact) mass is 268 g/mol. The molecule has 0 spiro atoms. The van der Waals surface area contributed by atoms with Crippen LogP contribution in [0.2, 0.25) is 0 Å². The number of hydrogen-bond donors (Lipinski definition) is 0. The maximum atomic E-state index is 13.9. The molecule has 0 N–H and O–H groups in total. The Bertz CT molecular complexity index is 430. The van der Waals surface area contributed by atoms with Crippen LogP contribution in [-0.2, 0) is 11.2 Å². The predicted molar refractivity (Wildman–Crippen MR) is 72.4 cm³/mol. The number of ketones is 1. The van der Waals surface area contributed by atoms with Crippen molar-refractivity contribution in [1.29, 1.82) is 0 Å². The van der Waals surface area contributed by atoms with E-state index in [1.54, 1.807) is 13.0 Å². The van der Waals surface area contributed by atoms with Gasteiger partial charge >= 0.3 is 0 Å². The topological polar surface area (TPSA) is 35.5 Å².